The third-order valence-corrected chi connectivity index (χ3v) is 6.49. The van der Waals surface area contributed by atoms with E-state index in [1.807, 2.05) is 12.1 Å². The lowest BCUT2D eigenvalue weighted by Gasteiger charge is -2.29. The highest BCUT2D eigenvalue weighted by molar-refractivity contribution is 5.32. The molecule has 0 unspecified atom stereocenters. The number of hydrogen-bond donors (Lipinski definition) is 0. The van der Waals surface area contributed by atoms with Crippen LogP contribution in [0.2, 0.25) is 0 Å². The van der Waals surface area contributed by atoms with Gasteiger partial charge in [-0.15, -0.1) is 0 Å². The van der Waals surface area contributed by atoms with Crippen molar-refractivity contribution in [3.8, 4) is 0 Å². The van der Waals surface area contributed by atoms with Crippen molar-refractivity contribution in [1.29, 1.82) is 0 Å². The van der Waals surface area contributed by atoms with Gasteiger partial charge in [-0.25, -0.2) is 13.2 Å². The average molecular weight is 403 g/mol. The number of hydrogen-bond acceptors (Lipinski definition) is 0. The zero-order chi connectivity index (χ0) is 20.6. The Bertz CT molecular complexity index is 776. The molecular weight excluding hydrogens is 369 g/mol. The molecule has 0 aliphatic heterocycles. The van der Waals surface area contributed by atoms with E-state index in [9.17, 15) is 13.2 Å². The molecule has 0 spiro atoms. The second-order valence-corrected chi connectivity index (χ2v) is 8.70. The molecule has 2 aromatic carbocycles. The van der Waals surface area contributed by atoms with E-state index in [-0.39, 0.29) is 12.2 Å². The Morgan fingerprint density at radius 1 is 0.759 bits per heavy atom. The first-order valence-corrected chi connectivity index (χ1v) is 11.3. The molecule has 0 saturated heterocycles. The number of benzene rings is 2. The van der Waals surface area contributed by atoms with Crippen molar-refractivity contribution in [3.63, 3.8) is 0 Å². The van der Waals surface area contributed by atoms with Gasteiger partial charge in [0.05, 0.1) is 0 Å². The summed E-state index contributed by atoms with van der Waals surface area (Å²) in [6.07, 6.45) is 13.1. The summed E-state index contributed by atoms with van der Waals surface area (Å²) in [6, 6.07) is 9.24. The van der Waals surface area contributed by atoms with Gasteiger partial charge in [0.1, 0.15) is 5.82 Å². The maximum Gasteiger partial charge on any atom is 0.159 e. The summed E-state index contributed by atoms with van der Waals surface area (Å²) in [5, 5.41) is 0. The predicted molar refractivity (Wildman–Crippen MR) is 114 cm³/mol. The lowest BCUT2D eigenvalue weighted by molar-refractivity contribution is 0.301. The van der Waals surface area contributed by atoms with E-state index in [0.29, 0.717) is 17.0 Å². The standard InChI is InChI=1S/C26H33F3/c1-2-3-4-5-6-7-19-8-11-21(12-9-19)22-13-14-23(25(28)18-22)16-20-10-15-24(27)26(29)17-20/h10,13-15,17-19,21H,2-9,11-12,16H2,1H3. The average Bonchev–Trinajstić information content (AvgIpc) is 2.72. The van der Waals surface area contributed by atoms with E-state index in [4.69, 9.17) is 0 Å². The van der Waals surface area contributed by atoms with Crippen LogP contribution in [-0.2, 0) is 6.42 Å². The first kappa shape index (κ1) is 21.9. The molecule has 0 aromatic heterocycles. The second-order valence-electron chi connectivity index (χ2n) is 8.70. The first-order valence-electron chi connectivity index (χ1n) is 11.3. The lowest BCUT2D eigenvalue weighted by Crippen LogP contribution is -2.13. The quantitative estimate of drug-likeness (QED) is 0.370. The lowest BCUT2D eigenvalue weighted by atomic mass is 9.77. The van der Waals surface area contributed by atoms with E-state index in [1.54, 1.807) is 6.07 Å². The van der Waals surface area contributed by atoms with E-state index in [2.05, 4.69) is 6.92 Å². The highest BCUT2D eigenvalue weighted by atomic mass is 19.2. The summed E-state index contributed by atoms with van der Waals surface area (Å²) in [5.74, 6) is -0.725. The van der Waals surface area contributed by atoms with Crippen LogP contribution in [0.5, 0.6) is 0 Å². The molecule has 158 valence electrons. The van der Waals surface area contributed by atoms with Crippen molar-refractivity contribution in [2.75, 3.05) is 0 Å². The van der Waals surface area contributed by atoms with Gasteiger partial charge in [-0.3, -0.25) is 0 Å². The Labute approximate surface area is 173 Å². The van der Waals surface area contributed by atoms with Crippen molar-refractivity contribution in [3.05, 3.63) is 70.5 Å². The van der Waals surface area contributed by atoms with Crippen molar-refractivity contribution in [2.45, 2.75) is 83.5 Å². The SMILES string of the molecule is CCCCCCCC1CCC(c2ccc(Cc3ccc(F)c(F)c3)c(F)c2)CC1. The molecule has 0 nitrogen and oxygen atoms in total. The fraction of sp³-hybridized carbons (Fsp3) is 0.538. The van der Waals surface area contributed by atoms with Crippen LogP contribution in [0.3, 0.4) is 0 Å². The zero-order valence-electron chi connectivity index (χ0n) is 17.5. The van der Waals surface area contributed by atoms with Gasteiger partial charge < -0.3 is 0 Å². The summed E-state index contributed by atoms with van der Waals surface area (Å²) >= 11 is 0. The Hall–Kier alpha value is -1.77. The predicted octanol–water partition coefficient (Wildman–Crippen LogP) is 8.33. The molecule has 1 aliphatic rings. The van der Waals surface area contributed by atoms with Gasteiger partial charge in [-0.1, -0.05) is 63.6 Å². The maximum atomic E-state index is 14.6. The Kier molecular flexibility index (Phi) is 8.20. The summed E-state index contributed by atoms with van der Waals surface area (Å²) < 4.78 is 41.1. The van der Waals surface area contributed by atoms with Gasteiger partial charge in [0.2, 0.25) is 0 Å². The third kappa shape index (κ3) is 6.35. The van der Waals surface area contributed by atoms with Crippen LogP contribution < -0.4 is 0 Å². The fourth-order valence-electron chi connectivity index (χ4n) is 4.65. The monoisotopic (exact) mass is 402 g/mol. The highest BCUT2D eigenvalue weighted by Gasteiger charge is 2.22. The van der Waals surface area contributed by atoms with E-state index in [0.717, 1.165) is 36.5 Å². The Balaban J connectivity index is 1.51. The zero-order valence-corrected chi connectivity index (χ0v) is 17.5. The van der Waals surface area contributed by atoms with Crippen LogP contribution in [0.15, 0.2) is 36.4 Å². The first-order chi connectivity index (χ1) is 14.1. The van der Waals surface area contributed by atoms with E-state index < -0.39 is 11.6 Å². The minimum absolute atomic E-state index is 0.245. The molecule has 0 amide bonds. The van der Waals surface area contributed by atoms with Gasteiger partial charge in [0.15, 0.2) is 11.6 Å². The molecule has 2 aromatic rings. The molecule has 3 rings (SSSR count). The second kappa shape index (κ2) is 10.8. The fourth-order valence-corrected chi connectivity index (χ4v) is 4.65. The van der Waals surface area contributed by atoms with Crippen LogP contribution in [-0.4, -0.2) is 0 Å². The minimum atomic E-state index is -0.887. The summed E-state index contributed by atoms with van der Waals surface area (Å²) in [4.78, 5) is 0. The molecule has 3 heteroatoms. The molecular formula is C26H33F3. The highest BCUT2D eigenvalue weighted by Crippen LogP contribution is 2.38. The van der Waals surface area contributed by atoms with Crippen molar-refractivity contribution >= 4 is 0 Å². The van der Waals surface area contributed by atoms with E-state index in [1.165, 1.54) is 57.4 Å². The molecule has 1 fully saturated rings. The van der Waals surface area contributed by atoms with Gasteiger partial charge >= 0.3 is 0 Å². The van der Waals surface area contributed by atoms with Crippen LogP contribution in [0.4, 0.5) is 13.2 Å². The normalized spacial score (nSPS) is 19.4. The largest absolute Gasteiger partial charge is 0.207 e. The van der Waals surface area contributed by atoms with Crippen LogP contribution >= 0.6 is 0 Å². The van der Waals surface area contributed by atoms with Crippen molar-refractivity contribution in [1.82, 2.24) is 0 Å². The van der Waals surface area contributed by atoms with Crippen LogP contribution in [0.25, 0.3) is 0 Å². The molecule has 29 heavy (non-hydrogen) atoms. The molecule has 1 saturated carbocycles. The van der Waals surface area contributed by atoms with Gasteiger partial charge in [0.25, 0.3) is 0 Å². The number of unbranched alkanes of at least 4 members (excludes halogenated alkanes) is 4. The molecule has 0 heterocycles. The van der Waals surface area contributed by atoms with Crippen LogP contribution in [0.1, 0.15) is 93.7 Å². The van der Waals surface area contributed by atoms with Gasteiger partial charge in [-0.05, 0) is 72.4 Å². The molecule has 0 N–H and O–H groups in total. The number of halogens is 3. The summed E-state index contributed by atoms with van der Waals surface area (Å²) in [7, 11) is 0. The maximum absolute atomic E-state index is 14.6. The van der Waals surface area contributed by atoms with Crippen LogP contribution in [0, 0.1) is 23.4 Å². The molecule has 0 radical (unpaired) electrons. The van der Waals surface area contributed by atoms with Gasteiger partial charge in [0, 0.05) is 6.42 Å². The van der Waals surface area contributed by atoms with Gasteiger partial charge in [-0.2, -0.15) is 0 Å². The van der Waals surface area contributed by atoms with Crippen molar-refractivity contribution < 1.29 is 13.2 Å². The Morgan fingerprint density at radius 3 is 2.21 bits per heavy atom. The molecule has 1 aliphatic carbocycles. The molecule has 0 atom stereocenters. The van der Waals surface area contributed by atoms with E-state index >= 15 is 0 Å². The summed E-state index contributed by atoms with van der Waals surface area (Å²) in [6.45, 7) is 2.25. The smallest absolute Gasteiger partial charge is 0.159 e. The third-order valence-electron chi connectivity index (χ3n) is 6.49. The Morgan fingerprint density at radius 2 is 1.52 bits per heavy atom. The molecule has 0 bridgehead atoms. The van der Waals surface area contributed by atoms with Crippen molar-refractivity contribution in [2.24, 2.45) is 5.92 Å². The minimum Gasteiger partial charge on any atom is -0.207 e. The topological polar surface area (TPSA) is 0 Å². The number of rotatable bonds is 9. The summed E-state index contributed by atoms with van der Waals surface area (Å²) in [5.41, 5.74) is 2.19.